The van der Waals surface area contributed by atoms with Gasteiger partial charge in [0.1, 0.15) is 0 Å². The van der Waals surface area contributed by atoms with E-state index in [1.807, 2.05) is 23.7 Å². The molecule has 2 aliphatic heterocycles. The molecule has 0 spiro atoms. The van der Waals surface area contributed by atoms with Gasteiger partial charge in [0.25, 0.3) is 0 Å². The lowest BCUT2D eigenvalue weighted by Crippen LogP contribution is -2.46. The Kier molecular flexibility index (Phi) is 6.16. The van der Waals surface area contributed by atoms with E-state index in [-0.39, 0.29) is 17.5 Å². The Morgan fingerprint density at radius 1 is 1.06 bits per heavy atom. The Morgan fingerprint density at radius 2 is 1.77 bits per heavy atom. The van der Waals surface area contributed by atoms with Gasteiger partial charge in [-0.3, -0.25) is 9.58 Å². The maximum Gasteiger partial charge on any atom is 0.161 e. The molecule has 4 rings (SSSR count). The molecule has 2 saturated heterocycles. The van der Waals surface area contributed by atoms with Crippen molar-refractivity contribution in [2.75, 3.05) is 56.8 Å². The highest BCUT2D eigenvalue weighted by molar-refractivity contribution is 7.91. The number of aryl methyl sites for hydroxylation is 1. The number of sulfone groups is 1. The van der Waals surface area contributed by atoms with Crippen molar-refractivity contribution >= 4 is 15.5 Å². The van der Waals surface area contributed by atoms with Crippen LogP contribution in [0.2, 0.25) is 0 Å². The average Bonchev–Trinajstić information content (AvgIpc) is 3.26. The third-order valence-electron chi connectivity index (χ3n) is 6.38. The molecule has 1 aromatic carbocycles. The number of piperazine rings is 1. The van der Waals surface area contributed by atoms with E-state index < -0.39 is 9.84 Å². The van der Waals surface area contributed by atoms with E-state index in [4.69, 9.17) is 14.6 Å². The topological polar surface area (TPSA) is 76.9 Å². The standard InChI is InChI=1S/C22H32N4O4S/c1-16-22(17(2)26(23-16)19-7-12-31(27,28)15-19)25-10-8-24(9-11-25)14-18-5-6-20(29-3)21(13-18)30-4/h5-6,13,19H,7-12,14-15H2,1-4H3. The summed E-state index contributed by atoms with van der Waals surface area (Å²) in [5, 5.41) is 4.73. The van der Waals surface area contributed by atoms with Gasteiger partial charge in [0.05, 0.1) is 48.8 Å². The number of ether oxygens (including phenoxy) is 2. The van der Waals surface area contributed by atoms with Crippen LogP contribution < -0.4 is 14.4 Å². The Bertz CT molecular complexity index is 1040. The number of benzene rings is 1. The van der Waals surface area contributed by atoms with Crippen LogP contribution in [0.15, 0.2) is 18.2 Å². The minimum Gasteiger partial charge on any atom is -0.493 e. The van der Waals surface area contributed by atoms with Gasteiger partial charge in [-0.1, -0.05) is 6.07 Å². The van der Waals surface area contributed by atoms with Gasteiger partial charge < -0.3 is 14.4 Å². The van der Waals surface area contributed by atoms with Gasteiger partial charge in [-0.05, 0) is 38.0 Å². The van der Waals surface area contributed by atoms with Crippen molar-refractivity contribution < 1.29 is 17.9 Å². The first kappa shape index (κ1) is 22.0. The van der Waals surface area contributed by atoms with E-state index in [2.05, 4.69) is 22.8 Å². The van der Waals surface area contributed by atoms with Crippen LogP contribution in [0.3, 0.4) is 0 Å². The third-order valence-corrected chi connectivity index (χ3v) is 8.13. The first-order valence-corrected chi connectivity index (χ1v) is 12.6. The Labute approximate surface area is 184 Å². The second kappa shape index (κ2) is 8.70. The summed E-state index contributed by atoms with van der Waals surface area (Å²) >= 11 is 0. The zero-order valence-electron chi connectivity index (χ0n) is 18.8. The second-order valence-electron chi connectivity index (χ2n) is 8.47. The van der Waals surface area contributed by atoms with Crippen LogP contribution in [0.4, 0.5) is 5.69 Å². The first-order chi connectivity index (χ1) is 14.8. The Hall–Kier alpha value is -2.26. The maximum atomic E-state index is 11.9. The van der Waals surface area contributed by atoms with Crippen LogP contribution in [0, 0.1) is 13.8 Å². The van der Waals surface area contributed by atoms with Crippen molar-refractivity contribution in [2.24, 2.45) is 0 Å². The van der Waals surface area contributed by atoms with Crippen molar-refractivity contribution in [1.82, 2.24) is 14.7 Å². The molecule has 1 aromatic heterocycles. The fraction of sp³-hybridized carbons (Fsp3) is 0.591. The number of rotatable bonds is 6. The van der Waals surface area contributed by atoms with Gasteiger partial charge in [0.2, 0.25) is 0 Å². The molecule has 8 nitrogen and oxygen atoms in total. The van der Waals surface area contributed by atoms with E-state index in [9.17, 15) is 8.42 Å². The van der Waals surface area contributed by atoms with Crippen molar-refractivity contribution in [1.29, 1.82) is 0 Å². The lowest BCUT2D eigenvalue weighted by atomic mass is 10.1. The molecule has 0 saturated carbocycles. The van der Waals surface area contributed by atoms with Gasteiger partial charge in [-0.15, -0.1) is 0 Å². The van der Waals surface area contributed by atoms with Crippen molar-refractivity contribution in [3.63, 3.8) is 0 Å². The molecular formula is C22H32N4O4S. The first-order valence-electron chi connectivity index (χ1n) is 10.8. The van der Waals surface area contributed by atoms with Crippen molar-refractivity contribution in [3.05, 3.63) is 35.2 Å². The van der Waals surface area contributed by atoms with E-state index in [0.29, 0.717) is 6.42 Å². The monoisotopic (exact) mass is 448 g/mol. The van der Waals surface area contributed by atoms with Gasteiger partial charge in [0, 0.05) is 32.7 Å². The summed E-state index contributed by atoms with van der Waals surface area (Å²) < 4.78 is 36.5. The summed E-state index contributed by atoms with van der Waals surface area (Å²) in [5.41, 5.74) is 4.42. The highest BCUT2D eigenvalue weighted by Gasteiger charge is 2.32. The lowest BCUT2D eigenvalue weighted by Gasteiger charge is -2.36. The Morgan fingerprint density at radius 3 is 2.39 bits per heavy atom. The number of hydrogen-bond acceptors (Lipinski definition) is 7. The van der Waals surface area contributed by atoms with Gasteiger partial charge >= 0.3 is 0 Å². The maximum absolute atomic E-state index is 11.9. The molecule has 2 aromatic rings. The molecule has 3 heterocycles. The molecule has 0 aliphatic carbocycles. The molecule has 0 amide bonds. The van der Waals surface area contributed by atoms with Gasteiger partial charge in [-0.25, -0.2) is 8.42 Å². The van der Waals surface area contributed by atoms with Crippen LogP contribution in [0.5, 0.6) is 11.5 Å². The van der Waals surface area contributed by atoms with Crippen molar-refractivity contribution in [2.45, 2.75) is 32.9 Å². The molecule has 0 radical (unpaired) electrons. The third kappa shape index (κ3) is 4.52. The van der Waals surface area contributed by atoms with E-state index in [1.165, 1.54) is 5.56 Å². The van der Waals surface area contributed by atoms with Crippen LogP contribution in [0.25, 0.3) is 0 Å². The molecular weight excluding hydrogens is 416 g/mol. The largest absolute Gasteiger partial charge is 0.493 e. The number of methoxy groups -OCH3 is 2. The van der Waals surface area contributed by atoms with E-state index in [1.54, 1.807) is 14.2 Å². The Balaban J connectivity index is 1.41. The predicted molar refractivity (Wildman–Crippen MR) is 121 cm³/mol. The fourth-order valence-electron chi connectivity index (χ4n) is 4.80. The number of aromatic nitrogens is 2. The molecule has 9 heteroatoms. The van der Waals surface area contributed by atoms with Crippen LogP contribution in [0.1, 0.15) is 29.4 Å². The summed E-state index contributed by atoms with van der Waals surface area (Å²) in [6.45, 7) is 8.71. The molecule has 0 N–H and O–H groups in total. The summed E-state index contributed by atoms with van der Waals surface area (Å²) in [4.78, 5) is 4.83. The lowest BCUT2D eigenvalue weighted by molar-refractivity contribution is 0.249. The minimum absolute atomic E-state index is 0.0382. The predicted octanol–water partition coefficient (Wildman–Crippen LogP) is 2.20. The summed E-state index contributed by atoms with van der Waals surface area (Å²) in [6, 6.07) is 6.04. The quantitative estimate of drug-likeness (QED) is 0.670. The zero-order valence-corrected chi connectivity index (χ0v) is 19.6. The highest BCUT2D eigenvalue weighted by atomic mass is 32.2. The average molecular weight is 449 g/mol. The zero-order chi connectivity index (χ0) is 22.2. The number of hydrogen-bond donors (Lipinski definition) is 0. The molecule has 1 unspecified atom stereocenters. The molecule has 1 atom stereocenters. The van der Waals surface area contributed by atoms with Crippen LogP contribution in [-0.4, -0.2) is 75.0 Å². The summed E-state index contributed by atoms with van der Waals surface area (Å²) in [7, 11) is 0.373. The molecule has 2 aliphatic rings. The normalized spacial score (nSPS) is 21.4. The fourth-order valence-corrected chi connectivity index (χ4v) is 6.49. The van der Waals surface area contributed by atoms with Gasteiger partial charge in [-0.2, -0.15) is 5.10 Å². The summed E-state index contributed by atoms with van der Waals surface area (Å²) in [6.07, 6.45) is 0.656. The number of anilines is 1. The molecule has 170 valence electrons. The van der Waals surface area contributed by atoms with Gasteiger partial charge in [0.15, 0.2) is 21.3 Å². The smallest absolute Gasteiger partial charge is 0.161 e. The van der Waals surface area contributed by atoms with Crippen LogP contribution >= 0.6 is 0 Å². The SMILES string of the molecule is COc1ccc(CN2CCN(c3c(C)nn(C4CCS(=O)(=O)C4)c3C)CC2)cc1OC. The van der Waals surface area contributed by atoms with Crippen LogP contribution in [-0.2, 0) is 16.4 Å². The second-order valence-corrected chi connectivity index (χ2v) is 10.7. The molecule has 0 bridgehead atoms. The number of nitrogens with zero attached hydrogens (tertiary/aromatic N) is 4. The molecule has 31 heavy (non-hydrogen) atoms. The van der Waals surface area contributed by atoms with E-state index >= 15 is 0 Å². The highest BCUT2D eigenvalue weighted by Crippen LogP contribution is 2.32. The van der Waals surface area contributed by atoms with Crippen molar-refractivity contribution in [3.8, 4) is 11.5 Å². The molecule has 2 fully saturated rings. The van der Waals surface area contributed by atoms with E-state index in [0.717, 1.165) is 61.3 Å². The summed E-state index contributed by atoms with van der Waals surface area (Å²) in [5.74, 6) is 1.97. The minimum atomic E-state index is -2.93.